The lowest BCUT2D eigenvalue weighted by molar-refractivity contribution is 0.0610. The number of aryl methyl sites for hydroxylation is 2. The van der Waals surface area contributed by atoms with Crippen molar-refractivity contribution in [1.29, 1.82) is 0 Å². The maximum atomic E-state index is 11.4. The van der Waals surface area contributed by atoms with Crippen LogP contribution in [0.3, 0.4) is 0 Å². The van der Waals surface area contributed by atoms with E-state index in [-0.39, 0.29) is 53.3 Å². The molecule has 4 aromatic heterocycles. The summed E-state index contributed by atoms with van der Waals surface area (Å²) in [5.41, 5.74) is 15.1. The molecule has 31 heteroatoms. The van der Waals surface area contributed by atoms with E-state index in [1.54, 1.807) is 26.0 Å². The van der Waals surface area contributed by atoms with Gasteiger partial charge in [-0.3, -0.25) is 14.7 Å². The Morgan fingerprint density at radius 2 is 1.06 bits per heavy atom. The number of aromatic nitrogens is 8. The lowest BCUT2D eigenvalue weighted by Gasteiger charge is -2.47. The molecule has 2 atom stereocenters. The molecule has 0 bridgehead atoms. The van der Waals surface area contributed by atoms with Crippen molar-refractivity contribution >= 4 is 105 Å². The van der Waals surface area contributed by atoms with Crippen LogP contribution in [0.5, 0.6) is 11.5 Å². The highest BCUT2D eigenvalue weighted by molar-refractivity contribution is 9.08. The molecule has 8 heterocycles. The number of alkyl halides is 1. The Hall–Kier alpha value is -4.94. The Labute approximate surface area is 537 Å². The third kappa shape index (κ3) is 19.1. The van der Waals surface area contributed by atoms with Crippen LogP contribution < -0.4 is 36.1 Å². The van der Waals surface area contributed by atoms with Gasteiger partial charge in [0.15, 0.2) is 64.6 Å². The molecular formula is C56H77BrCl4N16O8S2. The number of anilines is 4. The van der Waals surface area contributed by atoms with Crippen LogP contribution in [0.2, 0.25) is 20.4 Å². The largest absolute Gasteiger partial charge is 0.491 e. The molecule has 0 amide bonds. The van der Waals surface area contributed by atoms with E-state index in [1.165, 1.54) is 25.4 Å². The third-order valence-electron chi connectivity index (χ3n) is 15.6. The highest BCUT2D eigenvalue weighted by Gasteiger charge is 2.36. The number of hydrogen-bond donors (Lipinski definition) is 3. The average Bonchev–Trinajstić information content (AvgIpc) is 3.17. The molecule has 4 fully saturated rings. The number of likely N-dealkylation sites (tertiary alicyclic amines) is 1. The Bertz CT molecular complexity index is 3490. The van der Waals surface area contributed by atoms with Gasteiger partial charge in [0.05, 0.1) is 21.6 Å². The van der Waals surface area contributed by atoms with Crippen molar-refractivity contribution in [2.45, 2.75) is 102 Å². The fourth-order valence-corrected chi connectivity index (χ4v) is 13.0. The molecule has 4 aliphatic rings. The van der Waals surface area contributed by atoms with Crippen LogP contribution >= 0.6 is 62.3 Å². The summed E-state index contributed by atoms with van der Waals surface area (Å²) in [6.45, 7) is 18.2. The van der Waals surface area contributed by atoms with Crippen molar-refractivity contribution in [1.82, 2.24) is 60.3 Å². The molecular weight excluding hydrogens is 1310 g/mol. The van der Waals surface area contributed by atoms with Crippen molar-refractivity contribution in [3.05, 3.63) is 79.7 Å². The fraction of sp³-hybridized carbons (Fsp3) is 0.571. The van der Waals surface area contributed by atoms with Gasteiger partial charge in [-0.15, -0.1) is 20.4 Å². The molecule has 4 saturated heterocycles. The number of rotatable bonds is 19. The molecule has 476 valence electrons. The number of piperazine rings is 2. The number of nitrogens with zero attached hydrogens (tertiary/aromatic N) is 13. The summed E-state index contributed by atoms with van der Waals surface area (Å²) in [4.78, 5) is 30.1. The third-order valence-corrected chi connectivity index (χ3v) is 19.2. The SMILES string of the molecule is CC[C@H]1CN(c2nc(N)c(-c3nnc(C)o3)nc2Cl)CCN1C1CCN(Cc2ccc(Cl)c(OCCS(C)(=O)=O)c2)CC1.CC[C@H]1CN(c2nc(N)c(-c3nnc(C)o3)nc2Cl)CCN1C1CCNCC1.CS(=O)(=O)CCOc1cc(CBr)ccc1Cl. The standard InChI is InChI=1S/C28H38Cl2N8O4S.C18H27ClN8O.C10H12BrClO3S/c1-4-20-17-37(27-25(30)32-24(26(31)33-27)28-35-34-18(2)42-28)11-12-38(20)21-7-9-36(10-8-21)16-19-5-6-22(29)23(15-19)41-13-14-43(3,39)40;1-3-12-10-26(8-9-27(12)13-4-6-21-7-5-13)17-15(19)22-14(16(20)23-17)18-25-24-11(2)28-18;1-16(13,14)5-4-15-10-6-8(7-11)2-3-9(10)12/h5-6,15,20-21H,4,7-14,16-17H2,1-3H3,(H2,31,33);12-13,21H,3-10H2,1-2H3,(H2,20,23);2-3,6H,4-5,7H2,1H3/t20-;12-;/m00./s1. The van der Waals surface area contributed by atoms with Crippen molar-refractivity contribution in [2.24, 2.45) is 0 Å². The van der Waals surface area contributed by atoms with E-state index >= 15 is 0 Å². The van der Waals surface area contributed by atoms with Gasteiger partial charge in [0.2, 0.25) is 11.8 Å². The summed E-state index contributed by atoms with van der Waals surface area (Å²) < 4.78 is 66.6. The zero-order valence-electron chi connectivity index (χ0n) is 49.8. The van der Waals surface area contributed by atoms with Crippen molar-refractivity contribution in [3.63, 3.8) is 0 Å². The van der Waals surface area contributed by atoms with Gasteiger partial charge in [0.1, 0.15) is 24.7 Å². The zero-order chi connectivity index (χ0) is 62.6. The van der Waals surface area contributed by atoms with Crippen molar-refractivity contribution in [2.75, 3.05) is 124 Å². The highest BCUT2D eigenvalue weighted by atomic mass is 79.9. The number of nitrogens with two attached hydrogens (primary N) is 2. The molecule has 10 rings (SSSR count). The van der Waals surface area contributed by atoms with Crippen LogP contribution in [0.4, 0.5) is 23.3 Å². The number of hydrogen-bond acceptors (Lipinski definition) is 24. The quantitative estimate of drug-likeness (QED) is 0.0645. The van der Waals surface area contributed by atoms with Crippen LogP contribution in [0.15, 0.2) is 45.2 Å². The smallest absolute Gasteiger partial charge is 0.270 e. The number of benzene rings is 2. The number of piperidine rings is 2. The maximum Gasteiger partial charge on any atom is 0.270 e. The molecule has 87 heavy (non-hydrogen) atoms. The normalized spacial score (nSPS) is 18.7. The summed E-state index contributed by atoms with van der Waals surface area (Å²) in [5, 5.41) is 21.3. The van der Waals surface area contributed by atoms with Gasteiger partial charge in [-0.2, -0.15) is 0 Å². The van der Waals surface area contributed by atoms with Gasteiger partial charge in [-0.25, -0.2) is 36.8 Å². The number of halogens is 5. The summed E-state index contributed by atoms with van der Waals surface area (Å²) in [5.74, 6) is 3.93. The first kappa shape index (κ1) is 68.0. The molecule has 0 aliphatic carbocycles. The number of ether oxygens (including phenoxy) is 2. The number of nitrogens with one attached hydrogen (secondary N) is 1. The monoisotopic (exact) mass is 1380 g/mol. The molecule has 0 saturated carbocycles. The van der Waals surface area contributed by atoms with Crippen LogP contribution in [-0.2, 0) is 31.5 Å². The molecule has 2 aromatic carbocycles. The molecule has 4 aliphatic heterocycles. The van der Waals surface area contributed by atoms with Gasteiger partial charge in [-0.1, -0.05) is 88.3 Å². The topological polar surface area (TPSA) is 296 Å². The van der Waals surface area contributed by atoms with E-state index < -0.39 is 19.7 Å². The maximum absolute atomic E-state index is 11.4. The number of sulfone groups is 2. The minimum Gasteiger partial charge on any atom is -0.491 e. The predicted octanol–water partition coefficient (Wildman–Crippen LogP) is 8.09. The van der Waals surface area contributed by atoms with E-state index in [1.807, 2.05) is 24.3 Å². The molecule has 5 N–H and O–H groups in total. The average molecular weight is 1390 g/mol. The summed E-state index contributed by atoms with van der Waals surface area (Å²) >= 11 is 28.6. The second kappa shape index (κ2) is 31.2. The first-order chi connectivity index (χ1) is 41.5. The van der Waals surface area contributed by atoms with Crippen LogP contribution in [0, 0.1) is 13.8 Å². The number of nitrogen functional groups attached to an aromatic ring is 2. The van der Waals surface area contributed by atoms with Gasteiger partial charge in [0.25, 0.3) is 11.8 Å². The summed E-state index contributed by atoms with van der Waals surface area (Å²) in [6, 6.07) is 13.1. The molecule has 0 spiro atoms. The predicted molar refractivity (Wildman–Crippen MR) is 345 cm³/mol. The Morgan fingerprint density at radius 1 is 0.621 bits per heavy atom. The van der Waals surface area contributed by atoms with E-state index in [4.69, 9.17) is 76.2 Å². The summed E-state index contributed by atoms with van der Waals surface area (Å²) in [6.07, 6.45) is 9.03. The van der Waals surface area contributed by atoms with E-state index in [2.05, 4.69) is 99.9 Å². The van der Waals surface area contributed by atoms with E-state index in [0.717, 1.165) is 109 Å². The van der Waals surface area contributed by atoms with Crippen molar-refractivity contribution in [3.8, 4) is 34.7 Å². The van der Waals surface area contributed by atoms with E-state index in [9.17, 15) is 16.8 Å². The highest BCUT2D eigenvalue weighted by Crippen LogP contribution is 2.35. The van der Waals surface area contributed by atoms with Crippen LogP contribution in [0.1, 0.15) is 75.3 Å². The van der Waals surface area contributed by atoms with Gasteiger partial charge in [0, 0.05) is 102 Å². The first-order valence-corrected chi connectivity index (χ1v) is 35.7. The Kier molecular flexibility index (Phi) is 24.4. The molecule has 0 radical (unpaired) electrons. The van der Waals surface area contributed by atoms with Gasteiger partial charge in [-0.05, 0) is 100 Å². The lowest BCUT2D eigenvalue weighted by atomic mass is 9.98. The van der Waals surface area contributed by atoms with Gasteiger partial charge < -0.3 is 44.9 Å². The van der Waals surface area contributed by atoms with Crippen molar-refractivity contribution < 1.29 is 35.1 Å². The van der Waals surface area contributed by atoms with Crippen LogP contribution in [0.25, 0.3) is 23.2 Å². The van der Waals surface area contributed by atoms with Crippen LogP contribution in [-0.4, -0.2) is 199 Å². The zero-order valence-corrected chi connectivity index (χ0v) is 56.0. The van der Waals surface area contributed by atoms with E-state index in [0.29, 0.717) is 91.0 Å². The minimum atomic E-state index is -3.10. The fourth-order valence-electron chi connectivity index (χ4n) is 11.1. The Morgan fingerprint density at radius 3 is 1.47 bits per heavy atom. The minimum absolute atomic E-state index is 0.0120. The second-order valence-electron chi connectivity index (χ2n) is 22.0. The summed E-state index contributed by atoms with van der Waals surface area (Å²) in [7, 11) is -6.10. The van der Waals surface area contributed by atoms with Gasteiger partial charge >= 0.3 is 0 Å². The molecule has 24 nitrogen and oxygen atoms in total. The molecule has 0 unspecified atom stereocenters. The lowest BCUT2D eigenvalue weighted by Crippen LogP contribution is -2.58. The second-order valence-corrected chi connectivity index (χ2v) is 28.6. The molecule has 6 aromatic rings. The first-order valence-electron chi connectivity index (χ1n) is 28.9. The Balaban J connectivity index is 0.000000190.